The summed E-state index contributed by atoms with van der Waals surface area (Å²) in [5.74, 6) is 0.972. The molecule has 2 aliphatic rings. The summed E-state index contributed by atoms with van der Waals surface area (Å²) in [6, 6.07) is 14.4. The molecule has 220 valence electrons. The van der Waals surface area contributed by atoms with E-state index in [1.54, 1.807) is 30.5 Å². The highest BCUT2D eigenvalue weighted by molar-refractivity contribution is 8.11. The van der Waals surface area contributed by atoms with Crippen LogP contribution in [0.25, 0.3) is 5.69 Å². The van der Waals surface area contributed by atoms with Crippen LogP contribution in [0.4, 0.5) is 5.69 Å². The maximum Gasteiger partial charge on any atom is 0.316 e. The van der Waals surface area contributed by atoms with E-state index in [9.17, 15) is 13.2 Å². The fourth-order valence-corrected chi connectivity index (χ4v) is 8.08. The Labute approximate surface area is 250 Å². The first kappa shape index (κ1) is 29.8. The highest BCUT2D eigenvalue weighted by atomic mass is 35.5. The van der Waals surface area contributed by atoms with E-state index in [-0.39, 0.29) is 28.6 Å². The number of hydrogen-bond acceptors (Lipinski definition) is 8. The van der Waals surface area contributed by atoms with Crippen LogP contribution in [0.2, 0.25) is 5.02 Å². The molecular formula is C29H35ClN4O5S2. The van der Waals surface area contributed by atoms with Gasteiger partial charge >= 0.3 is 5.56 Å². The molecule has 0 unspecified atom stereocenters. The van der Waals surface area contributed by atoms with Gasteiger partial charge < -0.3 is 14.4 Å². The van der Waals surface area contributed by atoms with Crippen molar-refractivity contribution >= 4 is 39.1 Å². The molecule has 0 amide bonds. The molecule has 1 aliphatic heterocycles. The maximum absolute atomic E-state index is 13.6. The molecule has 3 aromatic rings. The summed E-state index contributed by atoms with van der Waals surface area (Å²) >= 11 is 7.44. The first-order valence-corrected chi connectivity index (χ1v) is 16.8. The Morgan fingerprint density at radius 3 is 2.49 bits per heavy atom. The third-order valence-electron chi connectivity index (χ3n) is 7.08. The van der Waals surface area contributed by atoms with Crippen molar-refractivity contribution in [3.63, 3.8) is 0 Å². The zero-order chi connectivity index (χ0) is 29.0. The molecule has 0 spiro atoms. The Hall–Kier alpha value is -2.73. The number of hydrogen-bond donors (Lipinski definition) is 0. The Bertz CT molecular complexity index is 1520. The molecule has 0 N–H and O–H groups in total. The molecule has 1 saturated carbocycles. The van der Waals surface area contributed by atoms with E-state index in [0.29, 0.717) is 42.6 Å². The van der Waals surface area contributed by atoms with Gasteiger partial charge in [-0.05, 0) is 75.9 Å². The predicted octanol–water partition coefficient (Wildman–Crippen LogP) is 5.20. The van der Waals surface area contributed by atoms with Crippen LogP contribution in [0.1, 0.15) is 39.5 Å². The van der Waals surface area contributed by atoms with Gasteiger partial charge in [0, 0.05) is 36.1 Å². The topological polar surface area (TPSA) is 94.0 Å². The van der Waals surface area contributed by atoms with Gasteiger partial charge in [0.1, 0.15) is 16.5 Å². The molecule has 1 aliphatic carbocycles. The largest absolute Gasteiger partial charge is 0.491 e. The number of piperazine rings is 1. The second-order valence-electron chi connectivity index (χ2n) is 10.5. The first-order chi connectivity index (χ1) is 19.7. The van der Waals surface area contributed by atoms with Gasteiger partial charge in [0.2, 0.25) is 15.8 Å². The lowest BCUT2D eigenvalue weighted by molar-refractivity contribution is 0.205. The van der Waals surface area contributed by atoms with Crippen molar-refractivity contribution in [1.82, 2.24) is 14.1 Å². The van der Waals surface area contributed by atoms with Gasteiger partial charge in [-0.3, -0.25) is 4.79 Å². The number of ether oxygens (including phenoxy) is 2. The summed E-state index contributed by atoms with van der Waals surface area (Å²) in [5, 5.41) is 4.88. The van der Waals surface area contributed by atoms with Gasteiger partial charge in [0.05, 0.1) is 24.1 Å². The summed E-state index contributed by atoms with van der Waals surface area (Å²) in [4.78, 5) is 16.5. The molecule has 0 radical (unpaired) electrons. The van der Waals surface area contributed by atoms with Crippen molar-refractivity contribution < 1.29 is 17.9 Å². The lowest BCUT2D eigenvalue weighted by Gasteiger charge is -2.36. The average Bonchev–Trinajstić information content (AvgIpc) is 3.46. The molecule has 2 aromatic carbocycles. The number of sulfonamides is 1. The van der Waals surface area contributed by atoms with Gasteiger partial charge in [-0.1, -0.05) is 23.7 Å². The molecule has 1 saturated heterocycles. The highest BCUT2D eigenvalue weighted by Gasteiger charge is 2.30. The Morgan fingerprint density at radius 1 is 1.05 bits per heavy atom. The summed E-state index contributed by atoms with van der Waals surface area (Å²) in [6.07, 6.45) is 5.58. The maximum atomic E-state index is 13.6. The first-order valence-electron chi connectivity index (χ1n) is 13.9. The van der Waals surface area contributed by atoms with E-state index in [0.717, 1.165) is 36.3 Å². The zero-order valence-electron chi connectivity index (χ0n) is 23.2. The van der Waals surface area contributed by atoms with Gasteiger partial charge in [0.15, 0.2) is 0 Å². The molecule has 2 heterocycles. The van der Waals surface area contributed by atoms with Crippen molar-refractivity contribution in [3.05, 3.63) is 70.1 Å². The molecule has 12 heteroatoms. The fourth-order valence-electron chi connectivity index (χ4n) is 5.06. The lowest BCUT2D eigenvalue weighted by Crippen LogP contribution is -2.49. The fraction of sp³-hybridized carbons (Fsp3) is 0.448. The Morgan fingerprint density at radius 2 is 1.78 bits per heavy atom. The molecule has 0 bridgehead atoms. The van der Waals surface area contributed by atoms with Crippen molar-refractivity contribution in [2.45, 2.75) is 56.6 Å². The zero-order valence-corrected chi connectivity index (χ0v) is 25.6. The minimum absolute atomic E-state index is 0.0280. The monoisotopic (exact) mass is 618 g/mol. The van der Waals surface area contributed by atoms with Crippen LogP contribution in [-0.2, 0) is 10.0 Å². The number of nitrogens with zero attached hydrogens (tertiary/aromatic N) is 4. The number of benzene rings is 2. The van der Waals surface area contributed by atoms with E-state index < -0.39 is 10.0 Å². The summed E-state index contributed by atoms with van der Waals surface area (Å²) < 4.78 is 41.3. The molecular weight excluding hydrogens is 584 g/mol. The molecule has 2 fully saturated rings. The highest BCUT2D eigenvalue weighted by Crippen LogP contribution is 2.31. The summed E-state index contributed by atoms with van der Waals surface area (Å²) in [6.45, 7) is 5.36. The molecule has 41 heavy (non-hydrogen) atoms. The number of halogens is 1. The van der Waals surface area contributed by atoms with Crippen LogP contribution in [-0.4, -0.2) is 66.0 Å². The second-order valence-corrected chi connectivity index (χ2v) is 14.3. The van der Waals surface area contributed by atoms with Gasteiger partial charge in [-0.15, -0.1) is 11.8 Å². The minimum atomic E-state index is -3.50. The third-order valence-corrected chi connectivity index (χ3v) is 10.7. The van der Waals surface area contributed by atoms with Crippen LogP contribution in [0.3, 0.4) is 0 Å². The van der Waals surface area contributed by atoms with Crippen LogP contribution in [0.5, 0.6) is 11.5 Å². The van der Waals surface area contributed by atoms with Crippen LogP contribution < -0.4 is 19.9 Å². The van der Waals surface area contributed by atoms with Crippen LogP contribution >= 0.6 is 23.4 Å². The van der Waals surface area contributed by atoms with E-state index in [1.807, 2.05) is 43.0 Å². The lowest BCUT2D eigenvalue weighted by atomic mass is 10.2. The quantitative estimate of drug-likeness (QED) is 0.286. The summed E-state index contributed by atoms with van der Waals surface area (Å²) in [5.41, 5.74) is 0.792. The number of anilines is 1. The standard InChI is InChI=1S/C29H35ClN4O5S2/c1-21(2)38-25-11-6-12-26(18-25)40-20-41(36,37)33-15-13-32(14-16-33)27-19-31-34(23-8-5-7-22(30)17-23)29(35)28(27)39-24-9-3-4-10-24/h5-8,11-12,17-19,21,24H,3-4,9-10,13-16,20H2,1-2H3. The van der Waals surface area contributed by atoms with Crippen molar-refractivity contribution in [3.8, 4) is 17.2 Å². The van der Waals surface area contributed by atoms with Gasteiger partial charge in [0.25, 0.3) is 0 Å². The van der Waals surface area contributed by atoms with E-state index in [1.165, 1.54) is 20.7 Å². The van der Waals surface area contributed by atoms with Gasteiger partial charge in [-0.25, -0.2) is 8.42 Å². The average molecular weight is 619 g/mol. The van der Waals surface area contributed by atoms with Crippen molar-refractivity contribution in [2.24, 2.45) is 0 Å². The third kappa shape index (κ3) is 7.38. The number of aromatic nitrogens is 2. The second kappa shape index (κ2) is 13.1. The van der Waals surface area contributed by atoms with Crippen molar-refractivity contribution in [2.75, 3.05) is 36.2 Å². The number of rotatable bonds is 10. The predicted molar refractivity (Wildman–Crippen MR) is 163 cm³/mol. The molecule has 9 nitrogen and oxygen atoms in total. The Kier molecular flexibility index (Phi) is 9.48. The summed E-state index contributed by atoms with van der Waals surface area (Å²) in [7, 11) is -3.50. The molecule has 0 atom stereocenters. The van der Waals surface area contributed by atoms with E-state index in [2.05, 4.69) is 5.10 Å². The van der Waals surface area contributed by atoms with Crippen LogP contribution in [0, 0.1) is 0 Å². The number of thioether (sulfide) groups is 1. The molecule has 1 aromatic heterocycles. The Balaban J connectivity index is 1.29. The van der Waals surface area contributed by atoms with Crippen molar-refractivity contribution in [1.29, 1.82) is 0 Å². The van der Waals surface area contributed by atoms with E-state index >= 15 is 0 Å². The van der Waals surface area contributed by atoms with E-state index in [4.69, 9.17) is 21.1 Å². The minimum Gasteiger partial charge on any atom is -0.491 e. The normalized spacial score (nSPS) is 16.8. The van der Waals surface area contributed by atoms with Crippen LogP contribution in [0.15, 0.2) is 64.4 Å². The smallest absolute Gasteiger partial charge is 0.316 e. The SMILES string of the molecule is CC(C)Oc1cccc(SCS(=O)(=O)N2CCN(c3cnn(-c4cccc(Cl)c4)c(=O)c3OC3CCCC3)CC2)c1. The van der Waals surface area contributed by atoms with Gasteiger partial charge in [-0.2, -0.15) is 14.1 Å². The molecule has 5 rings (SSSR count).